The summed E-state index contributed by atoms with van der Waals surface area (Å²) < 4.78 is 5.59. The highest BCUT2D eigenvalue weighted by atomic mass is 16.5. The molecule has 0 atom stereocenters. The summed E-state index contributed by atoms with van der Waals surface area (Å²) in [5.74, 6) is 0.857. The lowest BCUT2D eigenvalue weighted by Gasteiger charge is -2.06. The zero-order valence-corrected chi connectivity index (χ0v) is 11.6. The van der Waals surface area contributed by atoms with Crippen molar-refractivity contribution in [3.63, 3.8) is 0 Å². The molecular weight excluding hydrogens is 222 g/mol. The van der Waals surface area contributed by atoms with E-state index in [1.807, 2.05) is 24.3 Å². The number of hydrogen-bond donors (Lipinski definition) is 1. The van der Waals surface area contributed by atoms with Gasteiger partial charge in [-0.1, -0.05) is 38.0 Å². The van der Waals surface area contributed by atoms with Gasteiger partial charge in [-0.3, -0.25) is 0 Å². The van der Waals surface area contributed by atoms with Gasteiger partial charge < -0.3 is 10.1 Å². The van der Waals surface area contributed by atoms with Crippen LogP contribution in [0.15, 0.2) is 24.3 Å². The molecule has 0 aliphatic heterocycles. The van der Waals surface area contributed by atoms with Gasteiger partial charge in [-0.25, -0.2) is 0 Å². The van der Waals surface area contributed by atoms with Crippen molar-refractivity contribution in [2.45, 2.75) is 45.4 Å². The number of benzene rings is 1. The Balaban J connectivity index is 1.82. The summed E-state index contributed by atoms with van der Waals surface area (Å²) in [6.07, 6.45) is 7.55. The lowest BCUT2D eigenvalue weighted by Crippen LogP contribution is -2.16. The van der Waals surface area contributed by atoms with E-state index >= 15 is 0 Å². The Bertz CT molecular complexity index is 274. The molecule has 1 aromatic carbocycles. The summed E-state index contributed by atoms with van der Waals surface area (Å²) in [6.45, 7) is 5.35. The molecule has 0 unspecified atom stereocenters. The van der Waals surface area contributed by atoms with Crippen LogP contribution in [0.2, 0.25) is 0 Å². The average Bonchev–Trinajstić information content (AvgIpc) is 2.42. The fourth-order valence-electron chi connectivity index (χ4n) is 1.80. The fraction of sp³-hybridized carbons (Fsp3) is 0.625. The Morgan fingerprint density at radius 3 is 2.61 bits per heavy atom. The van der Waals surface area contributed by atoms with Crippen molar-refractivity contribution in [2.24, 2.45) is 0 Å². The Morgan fingerprint density at radius 2 is 1.89 bits per heavy atom. The first-order chi connectivity index (χ1) is 8.93. The minimum absolute atomic E-state index is 0.802. The zero-order chi connectivity index (χ0) is 12.9. The molecule has 0 aliphatic carbocycles. The third-order valence-electron chi connectivity index (χ3n) is 2.89. The third-order valence-corrected chi connectivity index (χ3v) is 2.89. The van der Waals surface area contributed by atoms with Gasteiger partial charge in [-0.2, -0.15) is 0 Å². The van der Waals surface area contributed by atoms with Gasteiger partial charge in [-0.15, -0.1) is 0 Å². The minimum atomic E-state index is 0.802. The molecule has 0 aromatic heterocycles. The minimum Gasteiger partial charge on any atom is -0.493 e. The smallest absolute Gasteiger partial charge is 0.127 e. The van der Waals surface area contributed by atoms with Crippen molar-refractivity contribution in [1.82, 2.24) is 5.32 Å². The van der Waals surface area contributed by atoms with Crippen LogP contribution in [0.5, 0.6) is 5.75 Å². The number of hydrogen-bond acceptors (Lipinski definition) is 2. The number of unbranched alkanes of at least 4 members (excludes halogenated alkanes) is 4. The van der Waals surface area contributed by atoms with Crippen LogP contribution in [0.1, 0.15) is 45.4 Å². The molecule has 1 aromatic rings. The molecule has 0 fully saturated rings. The van der Waals surface area contributed by atoms with Gasteiger partial charge in [0.2, 0.25) is 0 Å². The van der Waals surface area contributed by atoms with Gasteiger partial charge in [-0.05, 0) is 44.8 Å². The standard InChI is InChI=1S/C16H26NO/c1-2-3-8-13-17-14-9-5-10-15-18-16-11-6-4-7-12-16/h4,6-7,11,17H,2-3,5,8-10,13-15H2,1H3. The van der Waals surface area contributed by atoms with Crippen LogP contribution in [0, 0.1) is 6.07 Å². The Kier molecular flexibility index (Phi) is 9.27. The van der Waals surface area contributed by atoms with E-state index in [4.69, 9.17) is 4.74 Å². The second-order valence-corrected chi connectivity index (χ2v) is 4.59. The third kappa shape index (κ3) is 8.13. The van der Waals surface area contributed by atoms with E-state index in [0.29, 0.717) is 0 Å². The predicted molar refractivity (Wildman–Crippen MR) is 77.0 cm³/mol. The molecule has 0 saturated carbocycles. The number of nitrogens with one attached hydrogen (secondary N) is 1. The van der Waals surface area contributed by atoms with E-state index in [-0.39, 0.29) is 0 Å². The average molecular weight is 248 g/mol. The summed E-state index contributed by atoms with van der Waals surface area (Å²) in [5.41, 5.74) is 0. The summed E-state index contributed by atoms with van der Waals surface area (Å²) >= 11 is 0. The molecule has 1 N–H and O–H groups in total. The molecule has 0 heterocycles. The second kappa shape index (κ2) is 11.1. The van der Waals surface area contributed by atoms with Crippen molar-refractivity contribution in [3.8, 4) is 5.75 Å². The van der Waals surface area contributed by atoms with E-state index < -0.39 is 0 Å². The molecule has 0 aliphatic rings. The molecule has 0 spiro atoms. The number of rotatable bonds is 11. The summed E-state index contributed by atoms with van der Waals surface area (Å²) in [4.78, 5) is 0. The zero-order valence-electron chi connectivity index (χ0n) is 11.6. The maximum atomic E-state index is 5.59. The first-order valence-electron chi connectivity index (χ1n) is 7.23. The quantitative estimate of drug-likeness (QED) is 0.601. The molecule has 0 amide bonds. The number of para-hydroxylation sites is 1. The maximum absolute atomic E-state index is 5.59. The maximum Gasteiger partial charge on any atom is 0.127 e. The molecule has 101 valence electrons. The van der Waals surface area contributed by atoms with Crippen molar-refractivity contribution in [3.05, 3.63) is 30.3 Å². The molecule has 2 heteroatoms. The van der Waals surface area contributed by atoms with Crippen LogP contribution in [-0.2, 0) is 0 Å². The van der Waals surface area contributed by atoms with E-state index in [0.717, 1.165) is 25.3 Å². The number of ether oxygens (including phenoxy) is 1. The van der Waals surface area contributed by atoms with Crippen molar-refractivity contribution in [1.29, 1.82) is 0 Å². The van der Waals surface area contributed by atoms with E-state index in [2.05, 4.69) is 18.3 Å². The van der Waals surface area contributed by atoms with Crippen molar-refractivity contribution in [2.75, 3.05) is 19.7 Å². The predicted octanol–water partition coefficient (Wildman–Crippen LogP) is 3.82. The topological polar surface area (TPSA) is 21.3 Å². The highest BCUT2D eigenvalue weighted by Crippen LogP contribution is 2.08. The van der Waals surface area contributed by atoms with Crippen LogP contribution in [-0.4, -0.2) is 19.7 Å². The summed E-state index contributed by atoms with van der Waals surface area (Å²) in [5, 5.41) is 3.48. The van der Waals surface area contributed by atoms with E-state index in [1.54, 1.807) is 0 Å². The van der Waals surface area contributed by atoms with Gasteiger partial charge >= 0.3 is 0 Å². The first-order valence-corrected chi connectivity index (χ1v) is 7.23. The van der Waals surface area contributed by atoms with Crippen LogP contribution in [0.25, 0.3) is 0 Å². The van der Waals surface area contributed by atoms with Crippen LogP contribution < -0.4 is 10.1 Å². The Hall–Kier alpha value is -1.02. The summed E-state index contributed by atoms with van der Waals surface area (Å²) in [6, 6.07) is 10.8. The van der Waals surface area contributed by atoms with Crippen molar-refractivity contribution < 1.29 is 4.74 Å². The van der Waals surface area contributed by atoms with Gasteiger partial charge in [0.25, 0.3) is 0 Å². The first kappa shape index (κ1) is 15.0. The highest BCUT2D eigenvalue weighted by molar-refractivity contribution is 5.19. The Labute approximate surface area is 112 Å². The van der Waals surface area contributed by atoms with Crippen molar-refractivity contribution >= 4 is 0 Å². The lowest BCUT2D eigenvalue weighted by atomic mass is 10.2. The van der Waals surface area contributed by atoms with Gasteiger partial charge in [0, 0.05) is 6.07 Å². The highest BCUT2D eigenvalue weighted by Gasteiger charge is 1.93. The van der Waals surface area contributed by atoms with E-state index in [9.17, 15) is 0 Å². The van der Waals surface area contributed by atoms with Crippen LogP contribution >= 0.6 is 0 Å². The van der Waals surface area contributed by atoms with Crippen LogP contribution in [0.4, 0.5) is 0 Å². The molecular formula is C16H26NO. The monoisotopic (exact) mass is 248 g/mol. The molecule has 2 nitrogen and oxygen atoms in total. The largest absolute Gasteiger partial charge is 0.493 e. The molecule has 0 saturated heterocycles. The lowest BCUT2D eigenvalue weighted by molar-refractivity contribution is 0.304. The summed E-state index contributed by atoms with van der Waals surface area (Å²) in [7, 11) is 0. The fourth-order valence-corrected chi connectivity index (χ4v) is 1.80. The Morgan fingerprint density at radius 1 is 1.06 bits per heavy atom. The second-order valence-electron chi connectivity index (χ2n) is 4.59. The molecule has 1 rings (SSSR count). The SMILES string of the molecule is CCCCCNCCCCCOc1[c]cccc1. The van der Waals surface area contributed by atoms with Gasteiger partial charge in [0.1, 0.15) is 5.75 Å². The molecule has 18 heavy (non-hydrogen) atoms. The van der Waals surface area contributed by atoms with Gasteiger partial charge in [0.05, 0.1) is 6.61 Å². The van der Waals surface area contributed by atoms with E-state index in [1.165, 1.54) is 38.6 Å². The van der Waals surface area contributed by atoms with Gasteiger partial charge in [0.15, 0.2) is 0 Å². The normalized spacial score (nSPS) is 10.5. The van der Waals surface area contributed by atoms with Crippen LogP contribution in [0.3, 0.4) is 0 Å². The molecule has 1 radical (unpaired) electrons. The molecule has 0 bridgehead atoms.